The van der Waals surface area contributed by atoms with Gasteiger partial charge in [0.2, 0.25) is 5.91 Å². The summed E-state index contributed by atoms with van der Waals surface area (Å²) in [5, 5.41) is 6.55. The quantitative estimate of drug-likeness (QED) is 0.816. The van der Waals surface area contributed by atoms with E-state index in [1.54, 1.807) is 11.0 Å². The van der Waals surface area contributed by atoms with Crippen LogP contribution >= 0.6 is 11.6 Å². The molecule has 2 aliphatic rings. The molecule has 1 heterocycles. The molecule has 2 N–H and O–H groups in total. The lowest BCUT2D eigenvalue weighted by atomic mass is 10.2. The first-order valence-corrected chi connectivity index (χ1v) is 9.94. The summed E-state index contributed by atoms with van der Waals surface area (Å²) in [6.07, 6.45) is 1.92. The molecular weight excluding hydrogens is 376 g/mol. The minimum absolute atomic E-state index is 0.0561. The van der Waals surface area contributed by atoms with Crippen LogP contribution in [0.4, 0.5) is 21.9 Å². The number of rotatable bonds is 4. The van der Waals surface area contributed by atoms with Gasteiger partial charge in [-0.25, -0.2) is 4.79 Å². The zero-order valence-corrected chi connectivity index (χ0v) is 16.3. The maximum absolute atomic E-state index is 12.6. The predicted molar refractivity (Wildman–Crippen MR) is 112 cm³/mol. The number of nitrogens with zero attached hydrogens (tertiary/aromatic N) is 2. The Hall–Kier alpha value is -2.73. The summed E-state index contributed by atoms with van der Waals surface area (Å²) in [5.74, 6) is 0.203. The van der Waals surface area contributed by atoms with Crippen molar-refractivity contribution in [2.75, 3.05) is 41.7 Å². The maximum atomic E-state index is 12.6. The molecule has 146 valence electrons. The Balaban J connectivity index is 1.31. The van der Waals surface area contributed by atoms with E-state index in [4.69, 9.17) is 11.6 Å². The van der Waals surface area contributed by atoms with Crippen molar-refractivity contribution in [2.45, 2.75) is 12.8 Å². The molecule has 7 heteroatoms. The van der Waals surface area contributed by atoms with Crippen LogP contribution in [0.2, 0.25) is 5.02 Å². The molecule has 4 rings (SSSR count). The van der Waals surface area contributed by atoms with E-state index in [0.29, 0.717) is 29.5 Å². The Morgan fingerprint density at radius 3 is 2.25 bits per heavy atom. The monoisotopic (exact) mass is 398 g/mol. The first-order chi connectivity index (χ1) is 13.6. The van der Waals surface area contributed by atoms with E-state index in [-0.39, 0.29) is 17.9 Å². The Bertz CT molecular complexity index is 876. The normalized spacial score (nSPS) is 16.6. The summed E-state index contributed by atoms with van der Waals surface area (Å²) in [5.41, 5.74) is 2.46. The lowest BCUT2D eigenvalue weighted by molar-refractivity contribution is -0.117. The second-order valence-electron chi connectivity index (χ2n) is 7.23. The number of carbonyl (C=O) groups excluding carboxylic acids is 2. The molecule has 1 saturated heterocycles. The first kappa shape index (κ1) is 18.6. The average Bonchev–Trinajstić information content (AvgIpc) is 3.54. The molecule has 0 aromatic heterocycles. The predicted octanol–water partition coefficient (Wildman–Crippen LogP) is 4.04. The van der Waals surface area contributed by atoms with Gasteiger partial charge in [-0.3, -0.25) is 4.79 Å². The summed E-state index contributed by atoms with van der Waals surface area (Å²) >= 11 is 6.07. The van der Waals surface area contributed by atoms with Crippen molar-refractivity contribution >= 4 is 40.6 Å². The van der Waals surface area contributed by atoms with Gasteiger partial charge in [0, 0.05) is 54.2 Å². The number of piperazine rings is 1. The standard InChI is InChI=1S/C21H23ClN4O2/c22-16-3-1-6-19(13-16)25-9-11-26(12-10-25)21(28)24-18-5-2-4-17(14-18)23-20(27)15-7-8-15/h1-6,13-15H,7-12H2,(H,23,27)(H,24,28). The van der Waals surface area contributed by atoms with E-state index in [2.05, 4.69) is 15.5 Å². The molecule has 1 saturated carbocycles. The number of hydrogen-bond acceptors (Lipinski definition) is 3. The van der Waals surface area contributed by atoms with Crippen molar-refractivity contribution in [3.05, 3.63) is 53.6 Å². The van der Waals surface area contributed by atoms with Crippen LogP contribution in [0.1, 0.15) is 12.8 Å². The van der Waals surface area contributed by atoms with Crippen molar-refractivity contribution < 1.29 is 9.59 Å². The summed E-state index contributed by atoms with van der Waals surface area (Å²) in [6, 6.07) is 14.9. The fourth-order valence-corrected chi connectivity index (χ4v) is 3.49. The van der Waals surface area contributed by atoms with E-state index in [1.807, 2.05) is 42.5 Å². The molecular formula is C21H23ClN4O2. The van der Waals surface area contributed by atoms with Crippen molar-refractivity contribution in [3.8, 4) is 0 Å². The van der Waals surface area contributed by atoms with Crippen LogP contribution in [-0.2, 0) is 4.79 Å². The van der Waals surface area contributed by atoms with Crippen molar-refractivity contribution in [1.82, 2.24) is 4.90 Å². The second kappa shape index (κ2) is 8.10. The van der Waals surface area contributed by atoms with Crippen molar-refractivity contribution in [1.29, 1.82) is 0 Å². The highest BCUT2D eigenvalue weighted by Crippen LogP contribution is 2.30. The number of carbonyl (C=O) groups is 2. The van der Waals surface area contributed by atoms with Gasteiger partial charge in [-0.05, 0) is 49.2 Å². The average molecular weight is 399 g/mol. The van der Waals surface area contributed by atoms with Crippen LogP contribution in [-0.4, -0.2) is 43.0 Å². The van der Waals surface area contributed by atoms with Gasteiger partial charge < -0.3 is 20.4 Å². The Labute approximate surface area is 169 Å². The zero-order chi connectivity index (χ0) is 19.5. The number of hydrogen-bond donors (Lipinski definition) is 2. The highest BCUT2D eigenvalue weighted by molar-refractivity contribution is 6.30. The van der Waals surface area contributed by atoms with Gasteiger partial charge in [-0.15, -0.1) is 0 Å². The van der Waals surface area contributed by atoms with Gasteiger partial charge in [-0.2, -0.15) is 0 Å². The molecule has 0 atom stereocenters. The van der Waals surface area contributed by atoms with Crippen molar-refractivity contribution in [2.24, 2.45) is 5.92 Å². The number of urea groups is 1. The molecule has 28 heavy (non-hydrogen) atoms. The summed E-state index contributed by atoms with van der Waals surface area (Å²) in [6.45, 7) is 2.78. The number of nitrogens with one attached hydrogen (secondary N) is 2. The van der Waals surface area contributed by atoms with E-state index in [1.165, 1.54) is 0 Å². The van der Waals surface area contributed by atoms with Crippen molar-refractivity contribution in [3.63, 3.8) is 0 Å². The zero-order valence-electron chi connectivity index (χ0n) is 15.5. The maximum Gasteiger partial charge on any atom is 0.321 e. The van der Waals surface area contributed by atoms with Crippen LogP contribution in [0.5, 0.6) is 0 Å². The second-order valence-corrected chi connectivity index (χ2v) is 7.66. The fraction of sp³-hybridized carbons (Fsp3) is 0.333. The van der Waals surface area contributed by atoms with Gasteiger partial charge >= 0.3 is 6.03 Å². The SMILES string of the molecule is O=C(Nc1cccc(NC(=O)N2CCN(c3cccc(Cl)c3)CC2)c1)C1CC1. The van der Waals surface area contributed by atoms with Gasteiger partial charge in [0.05, 0.1) is 0 Å². The third-order valence-electron chi connectivity index (χ3n) is 5.07. The van der Waals surface area contributed by atoms with Gasteiger partial charge in [0.15, 0.2) is 0 Å². The lowest BCUT2D eigenvalue weighted by Gasteiger charge is -2.36. The summed E-state index contributed by atoms with van der Waals surface area (Å²) in [4.78, 5) is 28.5. The summed E-state index contributed by atoms with van der Waals surface area (Å²) in [7, 11) is 0. The first-order valence-electron chi connectivity index (χ1n) is 9.56. The minimum Gasteiger partial charge on any atom is -0.368 e. The largest absolute Gasteiger partial charge is 0.368 e. The van der Waals surface area contributed by atoms with Crippen LogP contribution in [0.3, 0.4) is 0 Å². The third-order valence-corrected chi connectivity index (χ3v) is 5.30. The highest BCUT2D eigenvalue weighted by atomic mass is 35.5. The molecule has 3 amide bonds. The molecule has 2 aromatic rings. The smallest absolute Gasteiger partial charge is 0.321 e. The Kier molecular flexibility index (Phi) is 5.39. The lowest BCUT2D eigenvalue weighted by Crippen LogP contribution is -2.50. The highest BCUT2D eigenvalue weighted by Gasteiger charge is 2.29. The molecule has 2 aromatic carbocycles. The fourth-order valence-electron chi connectivity index (χ4n) is 3.31. The Morgan fingerprint density at radius 1 is 0.893 bits per heavy atom. The van der Waals surface area contributed by atoms with Gasteiger partial charge in [-0.1, -0.05) is 23.7 Å². The number of amides is 3. The van der Waals surface area contributed by atoms with Crippen LogP contribution in [0, 0.1) is 5.92 Å². The van der Waals surface area contributed by atoms with Gasteiger partial charge in [0.1, 0.15) is 0 Å². The Morgan fingerprint density at radius 2 is 1.57 bits per heavy atom. The molecule has 0 unspecified atom stereocenters. The molecule has 0 bridgehead atoms. The third kappa shape index (κ3) is 4.57. The molecule has 0 spiro atoms. The van der Waals surface area contributed by atoms with Crippen LogP contribution in [0.15, 0.2) is 48.5 Å². The molecule has 2 fully saturated rings. The summed E-state index contributed by atoms with van der Waals surface area (Å²) < 4.78 is 0. The van der Waals surface area contributed by atoms with Crippen LogP contribution < -0.4 is 15.5 Å². The number of benzene rings is 2. The minimum atomic E-state index is -0.128. The van der Waals surface area contributed by atoms with Gasteiger partial charge in [0.25, 0.3) is 0 Å². The van der Waals surface area contributed by atoms with E-state index in [9.17, 15) is 9.59 Å². The molecule has 1 aliphatic carbocycles. The van der Waals surface area contributed by atoms with E-state index >= 15 is 0 Å². The van der Waals surface area contributed by atoms with Crippen LogP contribution in [0.25, 0.3) is 0 Å². The molecule has 6 nitrogen and oxygen atoms in total. The number of halogens is 1. The van der Waals surface area contributed by atoms with E-state index < -0.39 is 0 Å². The molecule has 0 radical (unpaired) electrons. The molecule has 1 aliphatic heterocycles. The topological polar surface area (TPSA) is 64.7 Å². The van der Waals surface area contributed by atoms with E-state index in [0.717, 1.165) is 31.6 Å². The number of anilines is 3.